The molecule has 3 aliphatic rings. The zero-order valence-electron chi connectivity index (χ0n) is 17.9. The number of hydrogen-bond acceptors (Lipinski definition) is 5. The molecule has 0 atom stereocenters. The van der Waals surface area contributed by atoms with E-state index in [2.05, 4.69) is 0 Å². The van der Waals surface area contributed by atoms with Gasteiger partial charge in [-0.25, -0.2) is 13.6 Å². The summed E-state index contributed by atoms with van der Waals surface area (Å²) in [5, 5.41) is 8.70. The molecule has 1 saturated carbocycles. The predicted molar refractivity (Wildman–Crippen MR) is 111 cm³/mol. The first-order chi connectivity index (χ1) is 15.3. The highest BCUT2D eigenvalue weighted by atomic mass is 19.1. The summed E-state index contributed by atoms with van der Waals surface area (Å²) in [4.78, 5) is 10.6. The molecule has 0 aromatic heterocycles. The van der Waals surface area contributed by atoms with E-state index in [0.717, 1.165) is 32.1 Å². The Bertz CT molecular complexity index is 968. The van der Waals surface area contributed by atoms with Crippen LogP contribution in [-0.2, 0) is 19.9 Å². The van der Waals surface area contributed by atoms with Gasteiger partial charge in [0.25, 0.3) is 0 Å². The van der Waals surface area contributed by atoms with Crippen molar-refractivity contribution < 1.29 is 37.6 Å². The Labute approximate surface area is 185 Å². The van der Waals surface area contributed by atoms with Crippen molar-refractivity contribution in [2.24, 2.45) is 5.41 Å². The first kappa shape index (κ1) is 22.5. The van der Waals surface area contributed by atoms with Crippen LogP contribution in [0.1, 0.15) is 37.7 Å². The lowest BCUT2D eigenvalue weighted by molar-refractivity contribution is -0.194. The normalized spacial score (nSPS) is 24.3. The summed E-state index contributed by atoms with van der Waals surface area (Å²) in [5.74, 6) is -1.17. The van der Waals surface area contributed by atoms with Gasteiger partial charge >= 0.3 is 5.97 Å². The van der Waals surface area contributed by atoms with Crippen LogP contribution < -0.4 is 9.47 Å². The van der Waals surface area contributed by atoms with Crippen molar-refractivity contribution in [3.63, 3.8) is 0 Å². The minimum atomic E-state index is -0.981. The summed E-state index contributed by atoms with van der Waals surface area (Å²) in [6.07, 6.45) is 3.95. The van der Waals surface area contributed by atoms with Gasteiger partial charge < -0.3 is 24.1 Å². The van der Waals surface area contributed by atoms with E-state index in [1.165, 1.54) is 37.4 Å². The number of ether oxygens (including phenoxy) is 4. The summed E-state index contributed by atoms with van der Waals surface area (Å²) in [7, 11) is 1.43. The van der Waals surface area contributed by atoms with Gasteiger partial charge in [-0.15, -0.1) is 0 Å². The Hall–Kier alpha value is -2.71. The molecule has 1 N–H and O–H groups in total. The van der Waals surface area contributed by atoms with Crippen LogP contribution in [0.4, 0.5) is 8.78 Å². The van der Waals surface area contributed by atoms with Gasteiger partial charge in [0.05, 0.1) is 19.3 Å². The summed E-state index contributed by atoms with van der Waals surface area (Å²) >= 11 is 0. The zero-order valence-corrected chi connectivity index (χ0v) is 17.9. The minimum Gasteiger partial charge on any atom is -0.497 e. The Morgan fingerprint density at radius 1 is 1.00 bits per heavy atom. The SMILES string of the molecule is COc1cc(F)cc(Oc2cc(F)cc(C34CCC(CCOCC(=O)O)(CC3)CO4)c2)c1. The molecule has 2 heterocycles. The van der Waals surface area contributed by atoms with Gasteiger partial charge in [0, 0.05) is 30.9 Å². The monoisotopic (exact) mass is 448 g/mol. The van der Waals surface area contributed by atoms with E-state index in [0.29, 0.717) is 24.5 Å². The average Bonchev–Trinajstić information content (AvgIpc) is 2.77. The number of hydrogen-bond donors (Lipinski definition) is 1. The predicted octanol–water partition coefficient (Wildman–Crippen LogP) is 5.04. The molecule has 32 heavy (non-hydrogen) atoms. The van der Waals surface area contributed by atoms with Crippen LogP contribution in [0, 0.1) is 17.0 Å². The molecule has 2 aromatic carbocycles. The Balaban J connectivity index is 1.47. The van der Waals surface area contributed by atoms with Crippen LogP contribution in [0.15, 0.2) is 36.4 Å². The number of carboxylic acids is 1. The van der Waals surface area contributed by atoms with Crippen molar-refractivity contribution in [2.75, 3.05) is 26.9 Å². The van der Waals surface area contributed by atoms with Crippen molar-refractivity contribution in [1.29, 1.82) is 0 Å². The van der Waals surface area contributed by atoms with Crippen LogP contribution in [0.3, 0.4) is 0 Å². The first-order valence-electron chi connectivity index (χ1n) is 10.6. The van der Waals surface area contributed by atoms with Gasteiger partial charge in [-0.2, -0.15) is 0 Å². The standard InChI is InChI=1S/C24H26F2O6/c1-29-19-10-18(26)12-21(13-19)32-20-9-16(8-17(25)11-20)24-4-2-23(3-5-24,15-31-24)6-7-30-14-22(27)28/h8-13H,2-7,14-15H2,1H3,(H,27,28). The van der Waals surface area contributed by atoms with Crippen LogP contribution in [0.2, 0.25) is 0 Å². The summed E-state index contributed by atoms with van der Waals surface area (Å²) < 4.78 is 50.5. The molecule has 172 valence electrons. The first-order valence-corrected chi connectivity index (χ1v) is 10.6. The van der Waals surface area contributed by atoms with E-state index in [1.54, 1.807) is 6.07 Å². The fourth-order valence-corrected chi connectivity index (χ4v) is 4.64. The molecule has 1 aliphatic carbocycles. The molecular formula is C24H26F2O6. The number of benzene rings is 2. The third-order valence-electron chi connectivity index (χ3n) is 6.49. The lowest BCUT2D eigenvalue weighted by atomic mass is 9.63. The van der Waals surface area contributed by atoms with Gasteiger partial charge in [-0.3, -0.25) is 0 Å². The van der Waals surface area contributed by atoms with Crippen molar-refractivity contribution in [3.8, 4) is 17.2 Å². The maximum absolute atomic E-state index is 14.5. The third-order valence-corrected chi connectivity index (χ3v) is 6.49. The van der Waals surface area contributed by atoms with Gasteiger partial charge in [0.2, 0.25) is 0 Å². The number of fused-ring (bicyclic) bond motifs is 3. The van der Waals surface area contributed by atoms with E-state index in [1.807, 2.05) is 0 Å². The number of carboxylic acid groups (broad SMARTS) is 1. The second-order valence-corrected chi connectivity index (χ2v) is 8.58. The van der Waals surface area contributed by atoms with Gasteiger partial charge in [0.1, 0.15) is 35.5 Å². The highest BCUT2D eigenvalue weighted by molar-refractivity contribution is 5.67. The van der Waals surface area contributed by atoms with E-state index < -0.39 is 23.2 Å². The van der Waals surface area contributed by atoms with Crippen LogP contribution in [0.25, 0.3) is 0 Å². The molecular weight excluding hydrogens is 422 g/mol. The third kappa shape index (κ3) is 4.86. The quantitative estimate of drug-likeness (QED) is 0.542. The van der Waals surface area contributed by atoms with Crippen molar-refractivity contribution in [2.45, 2.75) is 37.7 Å². The Kier molecular flexibility index (Phi) is 6.35. The highest BCUT2D eigenvalue weighted by Gasteiger charge is 2.50. The molecule has 0 spiro atoms. The topological polar surface area (TPSA) is 74.2 Å². The number of halogens is 2. The largest absolute Gasteiger partial charge is 0.497 e. The molecule has 0 unspecified atom stereocenters. The maximum atomic E-state index is 14.5. The van der Waals surface area contributed by atoms with Gasteiger partial charge in [-0.1, -0.05) is 0 Å². The van der Waals surface area contributed by atoms with E-state index in [-0.39, 0.29) is 23.5 Å². The number of carbonyl (C=O) groups is 1. The molecule has 2 bridgehead atoms. The van der Waals surface area contributed by atoms with Crippen LogP contribution >= 0.6 is 0 Å². The zero-order chi connectivity index (χ0) is 22.8. The summed E-state index contributed by atoms with van der Waals surface area (Å²) in [6.45, 7) is 0.582. The highest BCUT2D eigenvalue weighted by Crippen LogP contribution is 2.55. The number of aliphatic carboxylic acids is 1. The summed E-state index contributed by atoms with van der Waals surface area (Å²) in [6, 6.07) is 8.45. The molecule has 2 saturated heterocycles. The van der Waals surface area contributed by atoms with Crippen molar-refractivity contribution in [3.05, 3.63) is 53.6 Å². The van der Waals surface area contributed by atoms with E-state index in [4.69, 9.17) is 24.1 Å². The second-order valence-electron chi connectivity index (χ2n) is 8.58. The van der Waals surface area contributed by atoms with Crippen molar-refractivity contribution in [1.82, 2.24) is 0 Å². The fourth-order valence-electron chi connectivity index (χ4n) is 4.64. The van der Waals surface area contributed by atoms with Crippen LogP contribution in [0.5, 0.6) is 17.2 Å². The molecule has 5 rings (SSSR count). The number of methoxy groups -OCH3 is 1. The second kappa shape index (κ2) is 9.03. The smallest absolute Gasteiger partial charge is 0.329 e. The lowest BCUT2D eigenvalue weighted by Gasteiger charge is -2.53. The molecule has 6 nitrogen and oxygen atoms in total. The number of rotatable bonds is 9. The van der Waals surface area contributed by atoms with Gasteiger partial charge in [-0.05, 0) is 55.2 Å². The van der Waals surface area contributed by atoms with Crippen molar-refractivity contribution >= 4 is 5.97 Å². The van der Waals surface area contributed by atoms with Crippen LogP contribution in [-0.4, -0.2) is 38.0 Å². The Morgan fingerprint density at radius 2 is 1.66 bits per heavy atom. The molecule has 8 heteroatoms. The molecule has 3 fully saturated rings. The van der Waals surface area contributed by atoms with E-state index in [9.17, 15) is 13.6 Å². The maximum Gasteiger partial charge on any atom is 0.329 e. The average molecular weight is 448 g/mol. The molecule has 2 aromatic rings. The summed E-state index contributed by atoms with van der Waals surface area (Å²) in [5.41, 5.74) is 0.0699. The Morgan fingerprint density at radius 3 is 2.28 bits per heavy atom. The fraction of sp³-hybridized carbons (Fsp3) is 0.458. The molecule has 0 radical (unpaired) electrons. The van der Waals surface area contributed by atoms with E-state index >= 15 is 0 Å². The molecule has 0 amide bonds. The lowest BCUT2D eigenvalue weighted by Crippen LogP contribution is -2.49. The minimum absolute atomic E-state index is 0.0367. The van der Waals surface area contributed by atoms with Gasteiger partial charge in [0.15, 0.2) is 0 Å². The molecule has 2 aliphatic heterocycles.